The number of rotatable bonds is 4. The molecular weight excluding hydrogens is 312 g/mol. The first-order valence-corrected chi connectivity index (χ1v) is 7.48. The van der Waals surface area contributed by atoms with Crippen LogP contribution < -0.4 is 10.6 Å². The molecule has 0 atom stereocenters. The Labute approximate surface area is 138 Å². The topological polar surface area (TPSA) is 59.0 Å². The van der Waals surface area contributed by atoms with Gasteiger partial charge in [0, 0.05) is 23.0 Å². The summed E-state index contributed by atoms with van der Waals surface area (Å²) in [4.78, 5) is 11.9. The Kier molecular flexibility index (Phi) is 4.59. The first-order valence-electron chi connectivity index (χ1n) is 7.10. The zero-order chi connectivity index (χ0) is 16.1. The first-order chi connectivity index (χ1) is 11.2. The molecule has 0 unspecified atom stereocenters. The summed E-state index contributed by atoms with van der Waals surface area (Å²) < 4.78 is 1.77. The molecular formula is C17H15ClN4O. The van der Waals surface area contributed by atoms with Gasteiger partial charge in [-0.3, -0.25) is 10.00 Å². The van der Waals surface area contributed by atoms with Crippen molar-refractivity contribution in [2.24, 2.45) is 0 Å². The zero-order valence-corrected chi connectivity index (χ0v) is 13.0. The number of carbonyl (C=O) groups excluding carboxylic acids is 1. The summed E-state index contributed by atoms with van der Waals surface area (Å²) in [5, 5.41) is 10.3. The average Bonchev–Trinajstić information content (AvgIpc) is 2.95. The highest BCUT2D eigenvalue weighted by Crippen LogP contribution is 2.15. The van der Waals surface area contributed by atoms with Gasteiger partial charge in [-0.25, -0.2) is 4.79 Å². The quantitative estimate of drug-likeness (QED) is 0.753. The highest BCUT2D eigenvalue weighted by molar-refractivity contribution is 6.30. The minimum atomic E-state index is -0.364. The molecule has 6 heteroatoms. The maximum absolute atomic E-state index is 11.9. The number of amides is 2. The Morgan fingerprint density at radius 1 is 1.04 bits per heavy atom. The van der Waals surface area contributed by atoms with Crippen LogP contribution in [0.3, 0.4) is 0 Å². The normalized spacial score (nSPS) is 10.3. The summed E-state index contributed by atoms with van der Waals surface area (Å²) in [6, 6.07) is 18.3. The second kappa shape index (κ2) is 6.98. The molecule has 0 saturated carbocycles. The Bertz CT molecular complexity index is 801. The van der Waals surface area contributed by atoms with E-state index in [2.05, 4.69) is 15.7 Å². The number of urea groups is 1. The lowest BCUT2D eigenvalue weighted by Gasteiger charge is -2.06. The smallest absolute Gasteiger partial charge is 0.308 e. The van der Waals surface area contributed by atoms with Crippen LogP contribution in [0.2, 0.25) is 5.02 Å². The summed E-state index contributed by atoms with van der Waals surface area (Å²) in [7, 11) is 0. The van der Waals surface area contributed by atoms with Crippen LogP contribution in [0, 0.1) is 0 Å². The number of aromatic nitrogens is 2. The summed E-state index contributed by atoms with van der Waals surface area (Å²) in [6.07, 6.45) is 1.82. The van der Waals surface area contributed by atoms with Crippen LogP contribution in [0.4, 0.5) is 16.3 Å². The van der Waals surface area contributed by atoms with Crippen molar-refractivity contribution >= 4 is 29.1 Å². The Morgan fingerprint density at radius 3 is 2.65 bits per heavy atom. The predicted molar refractivity (Wildman–Crippen MR) is 91.9 cm³/mol. The fraction of sp³-hybridized carbons (Fsp3) is 0.0588. The van der Waals surface area contributed by atoms with Gasteiger partial charge in [0.1, 0.15) is 0 Å². The van der Waals surface area contributed by atoms with Crippen molar-refractivity contribution in [3.05, 3.63) is 77.4 Å². The van der Waals surface area contributed by atoms with E-state index in [1.54, 1.807) is 35.0 Å². The molecule has 0 bridgehead atoms. The number of nitrogens with one attached hydrogen (secondary N) is 2. The number of benzene rings is 2. The van der Waals surface area contributed by atoms with Gasteiger partial charge in [0.2, 0.25) is 0 Å². The van der Waals surface area contributed by atoms with Gasteiger partial charge in [0.05, 0.1) is 6.54 Å². The number of nitrogens with zero attached hydrogens (tertiary/aromatic N) is 2. The second-order valence-corrected chi connectivity index (χ2v) is 5.41. The molecule has 0 fully saturated rings. The van der Waals surface area contributed by atoms with Crippen molar-refractivity contribution in [2.45, 2.75) is 6.54 Å². The van der Waals surface area contributed by atoms with E-state index in [0.29, 0.717) is 23.1 Å². The lowest BCUT2D eigenvalue weighted by atomic mass is 10.2. The van der Waals surface area contributed by atoms with Crippen LogP contribution in [-0.4, -0.2) is 15.8 Å². The largest absolute Gasteiger partial charge is 0.324 e. The summed E-state index contributed by atoms with van der Waals surface area (Å²) in [5.41, 5.74) is 1.77. The van der Waals surface area contributed by atoms with Crippen LogP contribution >= 0.6 is 11.6 Å². The average molecular weight is 327 g/mol. The van der Waals surface area contributed by atoms with E-state index in [0.717, 1.165) is 5.56 Å². The molecule has 2 amide bonds. The maximum Gasteiger partial charge on any atom is 0.324 e. The molecule has 0 radical (unpaired) electrons. The van der Waals surface area contributed by atoms with Crippen molar-refractivity contribution in [1.29, 1.82) is 0 Å². The SMILES string of the molecule is O=C(Nc1cccc(Cl)c1)Nc1ccn(Cc2ccccc2)n1. The number of halogens is 1. The molecule has 0 aliphatic rings. The molecule has 1 heterocycles. The van der Waals surface area contributed by atoms with E-state index in [1.165, 1.54) is 0 Å². The van der Waals surface area contributed by atoms with Gasteiger partial charge in [-0.2, -0.15) is 5.10 Å². The van der Waals surface area contributed by atoms with Gasteiger partial charge in [-0.05, 0) is 23.8 Å². The van der Waals surface area contributed by atoms with Crippen molar-refractivity contribution in [3.63, 3.8) is 0 Å². The molecule has 1 aromatic heterocycles. The highest BCUT2D eigenvalue weighted by atomic mass is 35.5. The van der Waals surface area contributed by atoms with E-state index >= 15 is 0 Å². The molecule has 3 rings (SSSR count). The van der Waals surface area contributed by atoms with Crippen molar-refractivity contribution < 1.29 is 4.79 Å². The van der Waals surface area contributed by atoms with E-state index in [1.807, 2.05) is 36.5 Å². The van der Waals surface area contributed by atoms with Crippen LogP contribution in [0.25, 0.3) is 0 Å². The van der Waals surface area contributed by atoms with E-state index in [4.69, 9.17) is 11.6 Å². The third kappa shape index (κ3) is 4.34. The van der Waals surface area contributed by atoms with Gasteiger partial charge in [-0.15, -0.1) is 0 Å². The Balaban J connectivity index is 1.59. The summed E-state index contributed by atoms with van der Waals surface area (Å²) in [5.74, 6) is 0.487. The van der Waals surface area contributed by atoms with Crippen LogP contribution in [-0.2, 0) is 6.54 Å². The van der Waals surface area contributed by atoms with Gasteiger partial charge in [-0.1, -0.05) is 48.0 Å². The van der Waals surface area contributed by atoms with Crippen molar-refractivity contribution in [2.75, 3.05) is 10.6 Å². The highest BCUT2D eigenvalue weighted by Gasteiger charge is 2.06. The molecule has 0 aliphatic carbocycles. The van der Waals surface area contributed by atoms with Crippen LogP contribution in [0.15, 0.2) is 66.9 Å². The standard InChI is InChI=1S/C17H15ClN4O/c18-14-7-4-8-15(11-14)19-17(23)20-16-9-10-22(21-16)12-13-5-2-1-3-6-13/h1-11H,12H2,(H2,19,20,21,23). The number of carbonyl (C=O) groups is 1. The van der Waals surface area contributed by atoms with Gasteiger partial charge in [0.15, 0.2) is 5.82 Å². The van der Waals surface area contributed by atoms with Gasteiger partial charge >= 0.3 is 6.03 Å². The fourth-order valence-corrected chi connectivity index (χ4v) is 2.32. The third-order valence-corrected chi connectivity index (χ3v) is 3.39. The summed E-state index contributed by atoms with van der Waals surface area (Å²) in [6.45, 7) is 0.651. The molecule has 3 aromatic rings. The fourth-order valence-electron chi connectivity index (χ4n) is 2.13. The Morgan fingerprint density at radius 2 is 1.87 bits per heavy atom. The number of anilines is 2. The number of hydrogen-bond donors (Lipinski definition) is 2. The monoisotopic (exact) mass is 326 g/mol. The molecule has 0 aliphatic heterocycles. The van der Waals surface area contributed by atoms with Crippen LogP contribution in [0.5, 0.6) is 0 Å². The van der Waals surface area contributed by atoms with Crippen LogP contribution in [0.1, 0.15) is 5.56 Å². The first kappa shape index (κ1) is 15.1. The molecule has 2 aromatic carbocycles. The molecule has 2 N–H and O–H groups in total. The second-order valence-electron chi connectivity index (χ2n) is 4.97. The molecule has 0 spiro atoms. The third-order valence-electron chi connectivity index (χ3n) is 3.15. The Hall–Kier alpha value is -2.79. The minimum absolute atomic E-state index is 0.364. The van der Waals surface area contributed by atoms with E-state index in [9.17, 15) is 4.79 Å². The summed E-state index contributed by atoms with van der Waals surface area (Å²) >= 11 is 5.88. The molecule has 5 nitrogen and oxygen atoms in total. The van der Waals surface area contributed by atoms with E-state index < -0.39 is 0 Å². The lowest BCUT2D eigenvalue weighted by Crippen LogP contribution is -2.19. The van der Waals surface area contributed by atoms with Crippen molar-refractivity contribution in [3.8, 4) is 0 Å². The molecule has 0 saturated heterocycles. The van der Waals surface area contributed by atoms with Gasteiger partial charge < -0.3 is 5.32 Å². The molecule has 23 heavy (non-hydrogen) atoms. The minimum Gasteiger partial charge on any atom is -0.308 e. The lowest BCUT2D eigenvalue weighted by molar-refractivity contribution is 0.262. The maximum atomic E-state index is 11.9. The van der Waals surface area contributed by atoms with Crippen molar-refractivity contribution in [1.82, 2.24) is 9.78 Å². The number of hydrogen-bond acceptors (Lipinski definition) is 2. The zero-order valence-electron chi connectivity index (χ0n) is 12.2. The molecule has 116 valence electrons. The van der Waals surface area contributed by atoms with Gasteiger partial charge in [0.25, 0.3) is 0 Å². The predicted octanol–water partition coefficient (Wildman–Crippen LogP) is 4.23. The van der Waals surface area contributed by atoms with E-state index in [-0.39, 0.29) is 6.03 Å².